The summed E-state index contributed by atoms with van der Waals surface area (Å²) in [5.41, 5.74) is 1.27. The smallest absolute Gasteiger partial charge is 0.119 e. The summed E-state index contributed by atoms with van der Waals surface area (Å²) in [7, 11) is 0. The van der Waals surface area contributed by atoms with Crippen molar-refractivity contribution in [3.05, 3.63) is 29.8 Å². The van der Waals surface area contributed by atoms with Gasteiger partial charge in [-0.15, -0.1) is 0 Å². The fourth-order valence-electron chi connectivity index (χ4n) is 2.98. The lowest BCUT2D eigenvalue weighted by atomic mass is 9.85. The summed E-state index contributed by atoms with van der Waals surface area (Å²) in [6.07, 6.45) is 4.25. The normalized spacial score (nSPS) is 26.3. The van der Waals surface area contributed by atoms with Crippen LogP contribution >= 0.6 is 0 Å². The minimum Gasteiger partial charge on any atom is -0.490 e. The molecule has 2 aliphatic rings. The maximum atomic E-state index is 6.12. The van der Waals surface area contributed by atoms with Crippen LogP contribution in [0.2, 0.25) is 0 Å². The molecule has 3 nitrogen and oxygen atoms in total. The van der Waals surface area contributed by atoms with Crippen molar-refractivity contribution in [1.29, 1.82) is 0 Å². The molecule has 1 atom stereocenters. The summed E-state index contributed by atoms with van der Waals surface area (Å²) in [6.45, 7) is 4.53. The second-order valence-corrected chi connectivity index (χ2v) is 5.69. The molecule has 19 heavy (non-hydrogen) atoms. The predicted octanol–water partition coefficient (Wildman–Crippen LogP) is 3.10. The maximum absolute atomic E-state index is 6.12. The Labute approximate surface area is 114 Å². The van der Waals surface area contributed by atoms with Crippen molar-refractivity contribution >= 4 is 0 Å². The van der Waals surface area contributed by atoms with E-state index in [4.69, 9.17) is 14.2 Å². The summed E-state index contributed by atoms with van der Waals surface area (Å²) in [4.78, 5) is 0. The van der Waals surface area contributed by atoms with Gasteiger partial charge in [-0.1, -0.05) is 17.7 Å². The Hall–Kier alpha value is -1.06. The number of benzene rings is 1. The zero-order chi connectivity index (χ0) is 13.1. The first-order valence-corrected chi connectivity index (χ1v) is 7.21. The van der Waals surface area contributed by atoms with E-state index in [0.29, 0.717) is 0 Å². The molecule has 1 unspecified atom stereocenters. The Balaban J connectivity index is 1.63. The average Bonchev–Trinajstić information content (AvgIpc) is 2.42. The van der Waals surface area contributed by atoms with E-state index in [1.54, 1.807) is 0 Å². The topological polar surface area (TPSA) is 27.7 Å². The first kappa shape index (κ1) is 12.9. The van der Waals surface area contributed by atoms with Crippen LogP contribution in [-0.4, -0.2) is 31.5 Å². The molecule has 0 radical (unpaired) electrons. The van der Waals surface area contributed by atoms with E-state index in [9.17, 15) is 0 Å². The first-order valence-electron chi connectivity index (χ1n) is 7.21. The molecule has 0 aliphatic carbocycles. The lowest BCUT2D eigenvalue weighted by Crippen LogP contribution is -2.47. The Morgan fingerprint density at radius 2 is 1.84 bits per heavy atom. The molecule has 0 amide bonds. The summed E-state index contributed by atoms with van der Waals surface area (Å²) in [6, 6.07) is 8.31. The molecule has 2 aliphatic heterocycles. The van der Waals surface area contributed by atoms with Crippen LogP contribution in [0.15, 0.2) is 24.3 Å². The molecule has 3 heteroatoms. The lowest BCUT2D eigenvalue weighted by Gasteiger charge is -2.43. The summed E-state index contributed by atoms with van der Waals surface area (Å²) < 4.78 is 17.6. The lowest BCUT2D eigenvalue weighted by molar-refractivity contribution is -0.155. The zero-order valence-electron chi connectivity index (χ0n) is 11.6. The van der Waals surface area contributed by atoms with Gasteiger partial charge in [-0.2, -0.15) is 0 Å². The highest BCUT2D eigenvalue weighted by atomic mass is 16.5. The number of rotatable bonds is 2. The van der Waals surface area contributed by atoms with Gasteiger partial charge in [-0.05, 0) is 31.9 Å². The molecular formula is C16H22O3. The number of ether oxygens (including phenoxy) is 3. The molecule has 2 fully saturated rings. The number of aryl methyl sites for hydroxylation is 1. The molecule has 1 spiro atoms. The Kier molecular flexibility index (Phi) is 3.76. The van der Waals surface area contributed by atoms with Gasteiger partial charge in [-0.25, -0.2) is 0 Å². The second kappa shape index (κ2) is 5.51. The maximum Gasteiger partial charge on any atom is 0.119 e. The molecule has 1 aromatic carbocycles. The van der Waals surface area contributed by atoms with Gasteiger partial charge < -0.3 is 14.2 Å². The van der Waals surface area contributed by atoms with Crippen LogP contribution in [0.3, 0.4) is 0 Å². The molecule has 0 N–H and O–H groups in total. The van der Waals surface area contributed by atoms with E-state index in [0.717, 1.165) is 51.3 Å². The number of hydrogen-bond donors (Lipinski definition) is 0. The standard InChI is InChI=1S/C16H22O3/c1-13-2-4-14(5-3-13)19-15-6-9-18-16(12-15)7-10-17-11-8-16/h2-5,15H,6-12H2,1H3. The van der Waals surface area contributed by atoms with E-state index in [-0.39, 0.29) is 11.7 Å². The Morgan fingerprint density at radius 3 is 2.58 bits per heavy atom. The van der Waals surface area contributed by atoms with Crippen molar-refractivity contribution in [2.75, 3.05) is 19.8 Å². The predicted molar refractivity (Wildman–Crippen MR) is 73.6 cm³/mol. The SMILES string of the molecule is Cc1ccc(OC2CCOC3(CCOCC3)C2)cc1. The van der Waals surface area contributed by atoms with Crippen LogP contribution in [0.25, 0.3) is 0 Å². The fraction of sp³-hybridized carbons (Fsp3) is 0.625. The highest BCUT2D eigenvalue weighted by molar-refractivity contribution is 5.26. The Morgan fingerprint density at radius 1 is 1.11 bits per heavy atom. The highest BCUT2D eigenvalue weighted by Crippen LogP contribution is 2.35. The minimum absolute atomic E-state index is 0.00582. The molecule has 0 saturated carbocycles. The van der Waals surface area contributed by atoms with E-state index < -0.39 is 0 Å². The van der Waals surface area contributed by atoms with Gasteiger partial charge >= 0.3 is 0 Å². The molecule has 2 heterocycles. The third-order valence-electron chi connectivity index (χ3n) is 4.18. The van der Waals surface area contributed by atoms with E-state index in [1.165, 1.54) is 5.56 Å². The van der Waals surface area contributed by atoms with E-state index in [1.807, 2.05) is 0 Å². The molecule has 1 aromatic rings. The van der Waals surface area contributed by atoms with E-state index >= 15 is 0 Å². The van der Waals surface area contributed by atoms with Crippen molar-refractivity contribution in [2.24, 2.45) is 0 Å². The summed E-state index contributed by atoms with van der Waals surface area (Å²) in [5, 5.41) is 0. The van der Waals surface area contributed by atoms with Gasteiger partial charge in [0, 0.05) is 26.1 Å². The monoisotopic (exact) mass is 262 g/mol. The van der Waals surface area contributed by atoms with Crippen molar-refractivity contribution in [1.82, 2.24) is 0 Å². The van der Waals surface area contributed by atoms with Crippen molar-refractivity contribution in [3.8, 4) is 5.75 Å². The molecule has 2 saturated heterocycles. The zero-order valence-corrected chi connectivity index (χ0v) is 11.6. The van der Waals surface area contributed by atoms with Crippen molar-refractivity contribution < 1.29 is 14.2 Å². The van der Waals surface area contributed by atoms with Gasteiger partial charge in [0.2, 0.25) is 0 Å². The van der Waals surface area contributed by atoms with Crippen LogP contribution in [0.1, 0.15) is 31.2 Å². The van der Waals surface area contributed by atoms with Gasteiger partial charge in [0.1, 0.15) is 11.9 Å². The minimum atomic E-state index is 0.00582. The van der Waals surface area contributed by atoms with Gasteiger partial charge in [0.25, 0.3) is 0 Å². The van der Waals surface area contributed by atoms with Gasteiger partial charge in [0.05, 0.1) is 12.2 Å². The third kappa shape index (κ3) is 3.10. The summed E-state index contributed by atoms with van der Waals surface area (Å²) in [5.74, 6) is 0.972. The first-order chi connectivity index (χ1) is 9.26. The van der Waals surface area contributed by atoms with E-state index in [2.05, 4.69) is 31.2 Å². The molecule has 0 bridgehead atoms. The van der Waals surface area contributed by atoms with Crippen molar-refractivity contribution in [2.45, 2.75) is 44.3 Å². The van der Waals surface area contributed by atoms with Crippen LogP contribution in [-0.2, 0) is 9.47 Å². The molecule has 104 valence electrons. The highest BCUT2D eigenvalue weighted by Gasteiger charge is 2.39. The Bertz CT molecular complexity index is 401. The largest absolute Gasteiger partial charge is 0.490 e. The summed E-state index contributed by atoms with van der Waals surface area (Å²) >= 11 is 0. The van der Waals surface area contributed by atoms with Crippen LogP contribution in [0.5, 0.6) is 5.75 Å². The number of hydrogen-bond acceptors (Lipinski definition) is 3. The van der Waals surface area contributed by atoms with Crippen LogP contribution in [0.4, 0.5) is 0 Å². The van der Waals surface area contributed by atoms with Crippen LogP contribution in [0, 0.1) is 6.92 Å². The fourth-order valence-corrected chi connectivity index (χ4v) is 2.98. The molecule has 3 rings (SSSR count). The van der Waals surface area contributed by atoms with Crippen LogP contribution < -0.4 is 4.74 Å². The van der Waals surface area contributed by atoms with Gasteiger partial charge in [0.15, 0.2) is 0 Å². The molecular weight excluding hydrogens is 240 g/mol. The van der Waals surface area contributed by atoms with Crippen molar-refractivity contribution in [3.63, 3.8) is 0 Å². The average molecular weight is 262 g/mol. The molecule has 0 aromatic heterocycles. The van der Waals surface area contributed by atoms with Gasteiger partial charge in [-0.3, -0.25) is 0 Å². The quantitative estimate of drug-likeness (QED) is 0.819. The third-order valence-corrected chi connectivity index (χ3v) is 4.18. The second-order valence-electron chi connectivity index (χ2n) is 5.69.